The third kappa shape index (κ3) is 2.54. The number of fused-ring (bicyclic) bond motifs is 1. The van der Waals surface area contributed by atoms with E-state index in [0.717, 1.165) is 0 Å². The van der Waals surface area contributed by atoms with Crippen LogP contribution >= 0.6 is 0 Å². The van der Waals surface area contributed by atoms with Gasteiger partial charge in [-0.1, -0.05) is 12.1 Å². The van der Waals surface area contributed by atoms with Crippen LogP contribution < -0.4 is 5.32 Å². The van der Waals surface area contributed by atoms with E-state index < -0.39 is 35.2 Å². The molecule has 0 aliphatic carbocycles. The Kier molecular flexibility index (Phi) is 4.36. The first-order valence-corrected chi connectivity index (χ1v) is 8.40. The molecule has 2 heterocycles. The minimum atomic E-state index is -1.31. The summed E-state index contributed by atoms with van der Waals surface area (Å²) in [5.74, 6) is -3.19. The van der Waals surface area contributed by atoms with Gasteiger partial charge in [-0.2, -0.15) is 0 Å². The molecule has 2 aliphatic rings. The van der Waals surface area contributed by atoms with Gasteiger partial charge >= 0.3 is 5.97 Å². The summed E-state index contributed by atoms with van der Waals surface area (Å²) in [6, 6.07) is 5.16. The predicted molar refractivity (Wildman–Crippen MR) is 86.7 cm³/mol. The molecule has 0 radical (unpaired) electrons. The van der Waals surface area contributed by atoms with Crippen LogP contribution in [-0.4, -0.2) is 41.4 Å². The fourth-order valence-corrected chi connectivity index (χ4v) is 3.94. The summed E-state index contributed by atoms with van der Waals surface area (Å²) in [7, 11) is 0. The Morgan fingerprint density at radius 2 is 1.88 bits per heavy atom. The summed E-state index contributed by atoms with van der Waals surface area (Å²) in [5, 5.41) is 3.13. The van der Waals surface area contributed by atoms with Crippen molar-refractivity contribution in [1.29, 1.82) is 0 Å². The molecule has 0 saturated carbocycles. The van der Waals surface area contributed by atoms with Gasteiger partial charge in [0.15, 0.2) is 0 Å². The fourth-order valence-electron chi connectivity index (χ4n) is 3.94. The van der Waals surface area contributed by atoms with E-state index in [0.29, 0.717) is 5.56 Å². The van der Waals surface area contributed by atoms with E-state index in [4.69, 9.17) is 4.74 Å². The lowest BCUT2D eigenvalue weighted by Gasteiger charge is -2.28. The molecule has 0 spiro atoms. The summed E-state index contributed by atoms with van der Waals surface area (Å²) in [4.78, 5) is 39.3. The number of amides is 2. The predicted octanol–water partition coefficient (Wildman–Crippen LogP) is 1.41. The first kappa shape index (κ1) is 17.5. The molecular weight excluding hydrogens is 327 g/mol. The van der Waals surface area contributed by atoms with Crippen LogP contribution in [0.25, 0.3) is 0 Å². The van der Waals surface area contributed by atoms with Crippen LogP contribution in [0, 0.1) is 17.7 Å². The van der Waals surface area contributed by atoms with Crippen LogP contribution in [-0.2, 0) is 19.1 Å². The monoisotopic (exact) mass is 348 g/mol. The van der Waals surface area contributed by atoms with Crippen LogP contribution in [0.15, 0.2) is 24.3 Å². The second-order valence-corrected chi connectivity index (χ2v) is 6.52. The minimum Gasteiger partial charge on any atom is -0.465 e. The molecule has 3 rings (SSSR count). The van der Waals surface area contributed by atoms with Gasteiger partial charge in [-0.25, -0.2) is 4.39 Å². The van der Waals surface area contributed by atoms with Crippen molar-refractivity contribution in [2.75, 3.05) is 13.2 Å². The quantitative estimate of drug-likeness (QED) is 0.658. The number of nitrogens with zero attached hydrogens (tertiary/aromatic N) is 1. The second-order valence-electron chi connectivity index (χ2n) is 6.52. The number of carbonyl (C=O) groups is 3. The molecule has 0 unspecified atom stereocenters. The maximum absolute atomic E-state index is 13.3. The summed E-state index contributed by atoms with van der Waals surface area (Å²) >= 11 is 0. The van der Waals surface area contributed by atoms with Crippen molar-refractivity contribution in [1.82, 2.24) is 10.2 Å². The molecule has 6 nitrogen and oxygen atoms in total. The maximum atomic E-state index is 13.3. The van der Waals surface area contributed by atoms with Crippen molar-refractivity contribution in [2.24, 2.45) is 11.8 Å². The molecule has 2 aliphatic heterocycles. The van der Waals surface area contributed by atoms with E-state index in [1.807, 2.05) is 0 Å². The zero-order chi connectivity index (χ0) is 18.4. The van der Waals surface area contributed by atoms with E-state index in [-0.39, 0.29) is 25.0 Å². The van der Waals surface area contributed by atoms with Gasteiger partial charge in [0.2, 0.25) is 11.8 Å². The molecule has 0 aromatic heterocycles. The first-order chi connectivity index (χ1) is 11.8. The molecule has 7 heteroatoms. The number of hydrogen-bond donors (Lipinski definition) is 1. The standard InChI is InChI=1S/C18H21FN2O4/c1-4-21-15(22)12-13(16(21)23)18(3,17(24)25-5-2)20-14(12)10-6-8-11(19)9-7-10/h6-9,12-14,20H,4-5H2,1-3H3/t12-,13+,14+,18+/m0/s1. The van der Waals surface area contributed by atoms with E-state index in [2.05, 4.69) is 5.32 Å². The van der Waals surface area contributed by atoms with Gasteiger partial charge in [0.1, 0.15) is 11.4 Å². The normalized spacial score (nSPS) is 31.4. The number of likely N-dealkylation sites (tertiary alicyclic amines) is 1. The van der Waals surface area contributed by atoms with E-state index in [9.17, 15) is 18.8 Å². The number of imide groups is 1. The van der Waals surface area contributed by atoms with Crippen LogP contribution in [0.2, 0.25) is 0 Å². The van der Waals surface area contributed by atoms with Crippen LogP contribution in [0.5, 0.6) is 0 Å². The molecule has 1 aromatic rings. The molecule has 1 aromatic carbocycles. The Hall–Kier alpha value is -2.28. The van der Waals surface area contributed by atoms with Crippen molar-refractivity contribution in [3.8, 4) is 0 Å². The highest BCUT2D eigenvalue weighted by Gasteiger charge is 2.66. The van der Waals surface area contributed by atoms with Crippen LogP contribution in [0.4, 0.5) is 4.39 Å². The number of nitrogens with one attached hydrogen (secondary N) is 1. The molecule has 134 valence electrons. The highest BCUT2D eigenvalue weighted by Crippen LogP contribution is 2.48. The van der Waals surface area contributed by atoms with Crippen LogP contribution in [0.1, 0.15) is 32.4 Å². The molecule has 2 amide bonds. The number of benzene rings is 1. The molecule has 2 fully saturated rings. The van der Waals surface area contributed by atoms with Crippen molar-refractivity contribution in [2.45, 2.75) is 32.4 Å². The second kappa shape index (κ2) is 6.22. The van der Waals surface area contributed by atoms with Crippen molar-refractivity contribution in [3.05, 3.63) is 35.6 Å². The lowest BCUT2D eigenvalue weighted by molar-refractivity contribution is -0.155. The van der Waals surface area contributed by atoms with Gasteiger partial charge in [-0.15, -0.1) is 0 Å². The third-order valence-corrected chi connectivity index (χ3v) is 5.12. The molecular formula is C18H21FN2O4. The smallest absolute Gasteiger partial charge is 0.326 e. The third-order valence-electron chi connectivity index (χ3n) is 5.12. The summed E-state index contributed by atoms with van der Waals surface area (Å²) in [5.41, 5.74) is -0.653. The number of halogens is 1. The highest BCUT2D eigenvalue weighted by molar-refractivity contribution is 6.09. The average Bonchev–Trinajstić information content (AvgIpc) is 3.03. The molecule has 0 bridgehead atoms. The Morgan fingerprint density at radius 3 is 2.44 bits per heavy atom. The Bertz CT molecular complexity index is 720. The largest absolute Gasteiger partial charge is 0.465 e. The number of carbonyl (C=O) groups excluding carboxylic acids is 3. The molecule has 1 N–H and O–H groups in total. The van der Waals surface area contributed by atoms with Crippen molar-refractivity contribution >= 4 is 17.8 Å². The Balaban J connectivity index is 2.07. The lowest BCUT2D eigenvalue weighted by atomic mass is 9.80. The topological polar surface area (TPSA) is 75.7 Å². The molecule has 4 atom stereocenters. The minimum absolute atomic E-state index is 0.175. The summed E-state index contributed by atoms with van der Waals surface area (Å²) in [6.45, 7) is 5.43. The zero-order valence-electron chi connectivity index (χ0n) is 14.4. The molecule has 25 heavy (non-hydrogen) atoms. The van der Waals surface area contributed by atoms with E-state index >= 15 is 0 Å². The highest BCUT2D eigenvalue weighted by atomic mass is 19.1. The van der Waals surface area contributed by atoms with Crippen LogP contribution in [0.3, 0.4) is 0 Å². The molecule has 2 saturated heterocycles. The van der Waals surface area contributed by atoms with Gasteiger partial charge in [0, 0.05) is 12.6 Å². The SMILES string of the molecule is CCOC(=O)[C@]1(C)N[C@H](c2ccc(F)cc2)[C@H]2C(=O)N(CC)C(=O)[C@@H]21. The van der Waals surface area contributed by atoms with Gasteiger partial charge in [0.25, 0.3) is 0 Å². The lowest BCUT2D eigenvalue weighted by Crippen LogP contribution is -2.54. The van der Waals surface area contributed by atoms with E-state index in [1.54, 1.807) is 32.9 Å². The maximum Gasteiger partial charge on any atom is 0.326 e. The van der Waals surface area contributed by atoms with Gasteiger partial charge in [-0.05, 0) is 38.5 Å². The van der Waals surface area contributed by atoms with Gasteiger partial charge < -0.3 is 4.74 Å². The first-order valence-electron chi connectivity index (χ1n) is 8.40. The Labute approximate surface area is 145 Å². The van der Waals surface area contributed by atoms with Gasteiger partial charge in [0.05, 0.1) is 18.4 Å². The zero-order valence-corrected chi connectivity index (χ0v) is 14.4. The van der Waals surface area contributed by atoms with Crippen molar-refractivity contribution in [3.63, 3.8) is 0 Å². The van der Waals surface area contributed by atoms with Crippen molar-refractivity contribution < 1.29 is 23.5 Å². The number of esters is 1. The average molecular weight is 348 g/mol. The number of rotatable bonds is 4. The number of hydrogen-bond acceptors (Lipinski definition) is 5. The number of ether oxygens (including phenoxy) is 1. The fraction of sp³-hybridized carbons (Fsp3) is 0.500. The Morgan fingerprint density at radius 1 is 1.24 bits per heavy atom. The van der Waals surface area contributed by atoms with E-state index in [1.165, 1.54) is 17.0 Å². The summed E-state index contributed by atoms with van der Waals surface area (Å²) in [6.07, 6.45) is 0. The van der Waals surface area contributed by atoms with Gasteiger partial charge in [-0.3, -0.25) is 24.6 Å². The summed E-state index contributed by atoms with van der Waals surface area (Å²) < 4.78 is 18.4.